The molecule has 2 rings (SSSR count). The van der Waals surface area contributed by atoms with E-state index in [1.54, 1.807) is 0 Å². The molecule has 1 nitrogen and oxygen atoms in total. The fraction of sp³-hybridized carbons (Fsp3) is 0.429. The molecule has 0 unspecified atom stereocenters. The highest BCUT2D eigenvalue weighted by Crippen LogP contribution is 2.24. The van der Waals surface area contributed by atoms with Crippen molar-refractivity contribution >= 4 is 15.9 Å². The summed E-state index contributed by atoms with van der Waals surface area (Å²) in [6.07, 6.45) is 3.47. The second-order valence-corrected chi connectivity index (χ2v) is 5.27. The van der Waals surface area contributed by atoms with Crippen LogP contribution in [0.1, 0.15) is 30.9 Å². The Kier molecular flexibility index (Phi) is 3.70. The lowest BCUT2D eigenvalue weighted by Gasteiger charge is -2.24. The Morgan fingerprint density at radius 2 is 2.25 bits per heavy atom. The van der Waals surface area contributed by atoms with Crippen LogP contribution in [0.5, 0.6) is 0 Å². The predicted octanol–water partition coefficient (Wildman–Crippen LogP) is 4.12. The molecule has 1 aliphatic rings. The van der Waals surface area contributed by atoms with E-state index in [0.29, 0.717) is 0 Å². The van der Waals surface area contributed by atoms with Crippen LogP contribution in [0.15, 0.2) is 34.9 Å². The molecule has 0 atom stereocenters. The fourth-order valence-corrected chi connectivity index (χ4v) is 2.63. The molecule has 2 heteroatoms. The zero-order valence-electron chi connectivity index (χ0n) is 9.80. The first kappa shape index (κ1) is 11.7. The summed E-state index contributed by atoms with van der Waals surface area (Å²) in [6.45, 7) is 8.48. The zero-order chi connectivity index (χ0) is 11.5. The summed E-state index contributed by atoms with van der Waals surface area (Å²) in [6, 6.07) is 6.64. The minimum Gasteiger partial charge on any atom is -0.371 e. The molecule has 1 aliphatic heterocycles. The molecular formula is C14H18BrN. The van der Waals surface area contributed by atoms with Crippen LogP contribution in [0.2, 0.25) is 0 Å². The topological polar surface area (TPSA) is 3.24 Å². The summed E-state index contributed by atoms with van der Waals surface area (Å²) in [5.41, 5.74) is 4.20. The smallest absolute Gasteiger partial charge is 0.0429 e. The van der Waals surface area contributed by atoms with Crippen molar-refractivity contribution in [2.24, 2.45) is 0 Å². The van der Waals surface area contributed by atoms with E-state index in [4.69, 9.17) is 0 Å². The van der Waals surface area contributed by atoms with Crippen molar-refractivity contribution in [3.05, 3.63) is 46.1 Å². The molecule has 1 aromatic rings. The first-order valence-electron chi connectivity index (χ1n) is 5.90. The van der Waals surface area contributed by atoms with Crippen molar-refractivity contribution in [2.45, 2.75) is 32.7 Å². The highest BCUT2D eigenvalue weighted by molar-refractivity contribution is 9.10. The Morgan fingerprint density at radius 1 is 1.44 bits per heavy atom. The third kappa shape index (κ3) is 2.49. The molecule has 86 valence electrons. The van der Waals surface area contributed by atoms with Gasteiger partial charge >= 0.3 is 0 Å². The quantitative estimate of drug-likeness (QED) is 0.787. The monoisotopic (exact) mass is 279 g/mol. The molecule has 0 bridgehead atoms. The Bertz CT molecular complexity index is 398. The van der Waals surface area contributed by atoms with Gasteiger partial charge < -0.3 is 4.90 Å². The fourth-order valence-electron chi connectivity index (χ4n) is 2.22. The number of allylic oxidation sites excluding steroid dienone is 1. The molecule has 1 aromatic carbocycles. The van der Waals surface area contributed by atoms with Crippen LogP contribution in [-0.4, -0.2) is 11.4 Å². The minimum absolute atomic E-state index is 1.02. The van der Waals surface area contributed by atoms with Gasteiger partial charge in [-0.05, 0) is 42.5 Å². The van der Waals surface area contributed by atoms with E-state index < -0.39 is 0 Å². The molecule has 0 amide bonds. The third-order valence-corrected chi connectivity index (χ3v) is 3.75. The number of fused-ring (bicyclic) bond motifs is 1. The van der Waals surface area contributed by atoms with Gasteiger partial charge in [0.25, 0.3) is 0 Å². The van der Waals surface area contributed by atoms with E-state index in [1.807, 2.05) is 0 Å². The van der Waals surface area contributed by atoms with Crippen LogP contribution >= 0.6 is 15.9 Å². The van der Waals surface area contributed by atoms with Gasteiger partial charge in [0.2, 0.25) is 0 Å². The lowest BCUT2D eigenvalue weighted by Crippen LogP contribution is -2.21. The Balaban J connectivity index is 2.25. The van der Waals surface area contributed by atoms with E-state index in [1.165, 1.54) is 34.1 Å². The number of aryl methyl sites for hydroxylation is 1. The maximum absolute atomic E-state index is 4.15. The second-order valence-electron chi connectivity index (χ2n) is 4.36. The van der Waals surface area contributed by atoms with Gasteiger partial charge in [0.1, 0.15) is 0 Å². The summed E-state index contributed by atoms with van der Waals surface area (Å²) in [4.78, 5) is 2.41. The number of hydrogen-bond donors (Lipinski definition) is 0. The Labute approximate surface area is 106 Å². The number of benzene rings is 1. The SMILES string of the molecule is C=C(CC)N1CCCc2ccc(Br)cc2C1. The standard InChI is InChI=1S/C14H18BrN/c1-3-11(2)16-8-4-5-12-6-7-14(15)9-13(12)10-16/h6-7,9H,2-5,8,10H2,1H3. The van der Waals surface area contributed by atoms with E-state index in [-0.39, 0.29) is 0 Å². The van der Waals surface area contributed by atoms with Gasteiger partial charge in [-0.2, -0.15) is 0 Å². The second kappa shape index (κ2) is 5.05. The number of halogens is 1. The maximum atomic E-state index is 4.15. The highest BCUT2D eigenvalue weighted by atomic mass is 79.9. The van der Waals surface area contributed by atoms with Crippen LogP contribution < -0.4 is 0 Å². The third-order valence-electron chi connectivity index (χ3n) is 3.26. The lowest BCUT2D eigenvalue weighted by atomic mass is 10.0. The summed E-state index contributed by atoms with van der Waals surface area (Å²) in [5.74, 6) is 0. The van der Waals surface area contributed by atoms with Gasteiger partial charge in [0, 0.05) is 23.3 Å². The zero-order valence-corrected chi connectivity index (χ0v) is 11.4. The molecule has 0 saturated heterocycles. The van der Waals surface area contributed by atoms with Gasteiger partial charge in [0.05, 0.1) is 0 Å². The van der Waals surface area contributed by atoms with Gasteiger partial charge in [-0.1, -0.05) is 35.5 Å². The van der Waals surface area contributed by atoms with Crippen LogP contribution in [0.25, 0.3) is 0 Å². The van der Waals surface area contributed by atoms with Crippen molar-refractivity contribution in [1.29, 1.82) is 0 Å². The Hall–Kier alpha value is -0.760. The number of hydrogen-bond acceptors (Lipinski definition) is 1. The number of nitrogens with zero attached hydrogens (tertiary/aromatic N) is 1. The van der Waals surface area contributed by atoms with Crippen molar-refractivity contribution in [1.82, 2.24) is 4.90 Å². The van der Waals surface area contributed by atoms with Crippen molar-refractivity contribution in [3.8, 4) is 0 Å². The van der Waals surface area contributed by atoms with Crippen molar-refractivity contribution in [2.75, 3.05) is 6.54 Å². The van der Waals surface area contributed by atoms with E-state index in [2.05, 4.69) is 52.5 Å². The van der Waals surface area contributed by atoms with Gasteiger partial charge in [-0.3, -0.25) is 0 Å². The van der Waals surface area contributed by atoms with Crippen LogP contribution in [0.3, 0.4) is 0 Å². The van der Waals surface area contributed by atoms with Gasteiger partial charge in [0.15, 0.2) is 0 Å². The van der Waals surface area contributed by atoms with Crippen LogP contribution in [0.4, 0.5) is 0 Å². The van der Waals surface area contributed by atoms with E-state index in [9.17, 15) is 0 Å². The van der Waals surface area contributed by atoms with Gasteiger partial charge in [-0.15, -0.1) is 0 Å². The predicted molar refractivity (Wildman–Crippen MR) is 72.3 cm³/mol. The molecule has 0 spiro atoms. The lowest BCUT2D eigenvalue weighted by molar-refractivity contribution is 0.334. The van der Waals surface area contributed by atoms with E-state index in [0.717, 1.165) is 19.5 Å². The molecule has 1 heterocycles. The van der Waals surface area contributed by atoms with Crippen molar-refractivity contribution in [3.63, 3.8) is 0 Å². The van der Waals surface area contributed by atoms with Crippen LogP contribution in [-0.2, 0) is 13.0 Å². The largest absolute Gasteiger partial charge is 0.371 e. The number of rotatable bonds is 2. The molecule has 0 aliphatic carbocycles. The van der Waals surface area contributed by atoms with Crippen molar-refractivity contribution < 1.29 is 0 Å². The first-order valence-corrected chi connectivity index (χ1v) is 6.70. The molecule has 0 radical (unpaired) electrons. The first-order chi connectivity index (χ1) is 7.70. The summed E-state index contributed by atoms with van der Waals surface area (Å²) in [5, 5.41) is 0. The summed E-state index contributed by atoms with van der Waals surface area (Å²) >= 11 is 3.55. The Morgan fingerprint density at radius 3 is 3.00 bits per heavy atom. The van der Waals surface area contributed by atoms with Gasteiger partial charge in [-0.25, -0.2) is 0 Å². The molecule has 0 fully saturated rings. The molecule has 0 N–H and O–H groups in total. The highest BCUT2D eigenvalue weighted by Gasteiger charge is 2.14. The van der Waals surface area contributed by atoms with Crippen LogP contribution in [0, 0.1) is 0 Å². The maximum Gasteiger partial charge on any atom is 0.0429 e. The molecule has 0 saturated carbocycles. The molecule has 0 aromatic heterocycles. The van der Waals surface area contributed by atoms with E-state index >= 15 is 0 Å². The normalized spacial score (nSPS) is 15.5. The average Bonchev–Trinajstić information content (AvgIpc) is 2.49. The molecular weight excluding hydrogens is 262 g/mol. The molecule has 16 heavy (non-hydrogen) atoms. The minimum atomic E-state index is 1.02. The average molecular weight is 280 g/mol. The summed E-state index contributed by atoms with van der Waals surface area (Å²) < 4.78 is 1.18. The summed E-state index contributed by atoms with van der Waals surface area (Å²) in [7, 11) is 0.